The molecule has 0 radical (unpaired) electrons. The molecule has 94 valence electrons. The van der Waals surface area contributed by atoms with Gasteiger partial charge < -0.3 is 5.32 Å². The lowest BCUT2D eigenvalue weighted by molar-refractivity contribution is 0.943. The number of hydrogen-bond donors (Lipinski definition) is 1. The summed E-state index contributed by atoms with van der Waals surface area (Å²) >= 11 is 11.7. The van der Waals surface area contributed by atoms with Gasteiger partial charge in [-0.25, -0.2) is 9.97 Å². The molecule has 0 spiro atoms. The van der Waals surface area contributed by atoms with Crippen molar-refractivity contribution >= 4 is 61.6 Å². The highest BCUT2D eigenvalue weighted by molar-refractivity contribution is 14.1. The van der Waals surface area contributed by atoms with Crippen molar-refractivity contribution < 1.29 is 0 Å². The maximum atomic E-state index is 5.95. The molecule has 0 bridgehead atoms. The highest BCUT2D eigenvalue weighted by Gasteiger charge is 2.04. The van der Waals surface area contributed by atoms with Crippen molar-refractivity contribution in [3.8, 4) is 0 Å². The number of nitrogens with zero attached hydrogens (tertiary/aromatic N) is 2. The average molecular weight is 438 g/mol. The van der Waals surface area contributed by atoms with E-state index in [1.165, 1.54) is 0 Å². The van der Waals surface area contributed by atoms with Crippen molar-refractivity contribution in [1.82, 2.24) is 9.97 Å². The molecule has 6 heteroatoms. The van der Waals surface area contributed by atoms with E-state index in [-0.39, 0.29) is 0 Å². The summed E-state index contributed by atoms with van der Waals surface area (Å²) in [4.78, 5) is 8.51. The first kappa shape index (κ1) is 14.0. The molecule has 2 rings (SSSR count). The number of benzene rings is 1. The lowest BCUT2D eigenvalue weighted by Gasteiger charge is -2.08. The second-order valence-electron chi connectivity index (χ2n) is 3.60. The Kier molecular flexibility index (Phi) is 4.80. The van der Waals surface area contributed by atoms with Gasteiger partial charge in [0.05, 0.1) is 0 Å². The number of aryl methyl sites for hydroxylation is 1. The fraction of sp³-hybridized carbons (Fsp3) is 0.167. The van der Waals surface area contributed by atoms with E-state index in [0.717, 1.165) is 26.0 Å². The van der Waals surface area contributed by atoms with Gasteiger partial charge in [-0.3, -0.25) is 0 Å². The second kappa shape index (κ2) is 6.16. The van der Waals surface area contributed by atoms with Crippen molar-refractivity contribution in [2.75, 3.05) is 5.32 Å². The van der Waals surface area contributed by atoms with Crippen LogP contribution in [0.1, 0.15) is 12.7 Å². The molecular formula is C12H10BrClIN3. The molecule has 1 aromatic carbocycles. The third-order valence-electron chi connectivity index (χ3n) is 2.25. The maximum absolute atomic E-state index is 5.95. The van der Waals surface area contributed by atoms with Crippen molar-refractivity contribution in [2.45, 2.75) is 13.3 Å². The van der Waals surface area contributed by atoms with Gasteiger partial charge in [0.1, 0.15) is 16.8 Å². The fourth-order valence-corrected chi connectivity index (χ4v) is 2.32. The van der Waals surface area contributed by atoms with Crippen LogP contribution in [0.3, 0.4) is 0 Å². The van der Waals surface area contributed by atoms with Crippen molar-refractivity contribution in [2.24, 2.45) is 0 Å². The molecule has 1 N–H and O–H groups in total. The Morgan fingerprint density at radius 2 is 2.11 bits per heavy atom. The van der Waals surface area contributed by atoms with Gasteiger partial charge in [-0.1, -0.05) is 18.5 Å². The molecule has 3 nitrogen and oxygen atoms in total. The second-order valence-corrected chi connectivity index (χ2v) is 6.00. The monoisotopic (exact) mass is 437 g/mol. The Bertz CT molecular complexity index is 577. The average Bonchev–Trinajstić information content (AvgIpc) is 2.33. The lowest BCUT2D eigenvalue weighted by Crippen LogP contribution is -1.99. The number of halogens is 3. The molecular weight excluding hydrogens is 428 g/mol. The zero-order valence-corrected chi connectivity index (χ0v) is 14.0. The zero-order chi connectivity index (χ0) is 13.1. The third-order valence-corrected chi connectivity index (χ3v) is 4.78. The largest absolute Gasteiger partial charge is 0.340 e. The fourth-order valence-electron chi connectivity index (χ4n) is 1.41. The summed E-state index contributed by atoms with van der Waals surface area (Å²) in [5.41, 5.74) is 0.958. The molecule has 0 aliphatic rings. The molecule has 0 atom stereocenters. The van der Waals surface area contributed by atoms with E-state index in [4.69, 9.17) is 11.6 Å². The normalized spacial score (nSPS) is 10.4. The van der Waals surface area contributed by atoms with Crippen LogP contribution in [0.25, 0.3) is 0 Å². The van der Waals surface area contributed by atoms with Crippen molar-refractivity contribution in [1.29, 1.82) is 0 Å². The van der Waals surface area contributed by atoms with Gasteiger partial charge in [-0.05, 0) is 56.7 Å². The summed E-state index contributed by atoms with van der Waals surface area (Å²) in [5.74, 6) is 1.44. The van der Waals surface area contributed by atoms with Crippen LogP contribution in [0.4, 0.5) is 11.5 Å². The van der Waals surface area contributed by atoms with Gasteiger partial charge >= 0.3 is 0 Å². The zero-order valence-electron chi connectivity index (χ0n) is 9.54. The highest BCUT2D eigenvalue weighted by Crippen LogP contribution is 2.25. The lowest BCUT2D eigenvalue weighted by atomic mass is 10.3. The number of anilines is 2. The Morgan fingerprint density at radius 3 is 2.78 bits per heavy atom. The molecule has 0 saturated heterocycles. The van der Waals surface area contributed by atoms with Gasteiger partial charge in [-0.15, -0.1) is 0 Å². The van der Waals surface area contributed by atoms with Gasteiger partial charge in [-0.2, -0.15) is 0 Å². The van der Waals surface area contributed by atoms with Gasteiger partial charge in [0.25, 0.3) is 0 Å². The van der Waals surface area contributed by atoms with Crippen LogP contribution in [0.2, 0.25) is 5.15 Å². The van der Waals surface area contributed by atoms with E-state index in [9.17, 15) is 0 Å². The smallest absolute Gasteiger partial charge is 0.135 e. The number of nitrogens with one attached hydrogen (secondary N) is 1. The van der Waals surface area contributed by atoms with E-state index in [2.05, 4.69) is 53.8 Å². The predicted molar refractivity (Wildman–Crippen MR) is 86.6 cm³/mol. The molecule has 0 amide bonds. The summed E-state index contributed by atoms with van der Waals surface area (Å²) in [6.45, 7) is 2.00. The molecule has 0 aliphatic carbocycles. The Hall–Kier alpha value is -0.400. The maximum Gasteiger partial charge on any atom is 0.135 e. The van der Waals surface area contributed by atoms with E-state index in [1.807, 2.05) is 25.1 Å². The Morgan fingerprint density at radius 1 is 1.33 bits per heavy atom. The molecule has 18 heavy (non-hydrogen) atoms. The standard InChI is InChI=1S/C12H10BrClIN3/c1-2-11-17-10(14)6-12(18-11)16-7-3-4-9(15)8(13)5-7/h3-6H,2H2,1H3,(H,16,17,18). The van der Waals surface area contributed by atoms with Crippen LogP contribution in [-0.4, -0.2) is 9.97 Å². The topological polar surface area (TPSA) is 37.8 Å². The minimum atomic E-state index is 0.453. The summed E-state index contributed by atoms with van der Waals surface area (Å²) < 4.78 is 2.21. The minimum absolute atomic E-state index is 0.453. The molecule has 0 fully saturated rings. The summed E-state index contributed by atoms with van der Waals surface area (Å²) in [7, 11) is 0. The number of aromatic nitrogens is 2. The van der Waals surface area contributed by atoms with Crippen LogP contribution in [-0.2, 0) is 6.42 Å². The van der Waals surface area contributed by atoms with Crippen LogP contribution in [0, 0.1) is 3.57 Å². The van der Waals surface area contributed by atoms with Crippen molar-refractivity contribution in [3.05, 3.63) is 43.3 Å². The quantitative estimate of drug-likeness (QED) is 0.553. The van der Waals surface area contributed by atoms with E-state index in [0.29, 0.717) is 11.0 Å². The minimum Gasteiger partial charge on any atom is -0.340 e. The Labute approximate surface area is 133 Å². The van der Waals surface area contributed by atoms with Gasteiger partial charge in [0.2, 0.25) is 0 Å². The summed E-state index contributed by atoms with van der Waals surface area (Å²) in [5, 5.41) is 3.67. The summed E-state index contributed by atoms with van der Waals surface area (Å²) in [6.07, 6.45) is 0.756. The molecule has 1 heterocycles. The highest BCUT2D eigenvalue weighted by atomic mass is 127. The molecule has 0 aliphatic heterocycles. The first-order chi connectivity index (χ1) is 8.58. The SMILES string of the molecule is CCc1nc(Cl)cc(Nc2ccc(I)c(Br)c2)n1. The van der Waals surface area contributed by atoms with Gasteiger partial charge in [0.15, 0.2) is 0 Å². The van der Waals surface area contributed by atoms with Gasteiger partial charge in [0, 0.05) is 26.2 Å². The first-order valence-electron chi connectivity index (χ1n) is 5.34. The van der Waals surface area contributed by atoms with E-state index < -0.39 is 0 Å². The van der Waals surface area contributed by atoms with Crippen LogP contribution < -0.4 is 5.32 Å². The van der Waals surface area contributed by atoms with Crippen LogP contribution in [0.15, 0.2) is 28.7 Å². The summed E-state index contributed by atoms with van der Waals surface area (Å²) in [6, 6.07) is 7.74. The van der Waals surface area contributed by atoms with E-state index >= 15 is 0 Å². The predicted octanol–water partition coefficient (Wildman–Crippen LogP) is 4.80. The van der Waals surface area contributed by atoms with Crippen LogP contribution in [0.5, 0.6) is 0 Å². The van der Waals surface area contributed by atoms with Crippen LogP contribution >= 0.6 is 50.1 Å². The first-order valence-corrected chi connectivity index (χ1v) is 7.59. The number of hydrogen-bond acceptors (Lipinski definition) is 3. The molecule has 0 unspecified atom stereocenters. The molecule has 2 aromatic rings. The Balaban J connectivity index is 2.27. The van der Waals surface area contributed by atoms with Crippen molar-refractivity contribution in [3.63, 3.8) is 0 Å². The molecule has 0 saturated carbocycles. The molecule has 1 aromatic heterocycles. The number of rotatable bonds is 3. The van der Waals surface area contributed by atoms with E-state index in [1.54, 1.807) is 6.07 Å². The third kappa shape index (κ3) is 3.55.